The van der Waals surface area contributed by atoms with Gasteiger partial charge in [-0.3, -0.25) is 9.78 Å². The highest BCUT2D eigenvalue weighted by Crippen LogP contribution is 2.44. The Hall–Kier alpha value is -4.01. The summed E-state index contributed by atoms with van der Waals surface area (Å²) in [5, 5.41) is 7.11. The molecule has 2 aromatic carbocycles. The number of nitrogens with zero attached hydrogens (tertiary/aromatic N) is 3. The normalized spacial score (nSPS) is 16.8. The lowest BCUT2D eigenvalue weighted by Gasteiger charge is -2.29. The maximum absolute atomic E-state index is 12.1. The third-order valence-corrected chi connectivity index (χ3v) is 7.57. The summed E-state index contributed by atoms with van der Waals surface area (Å²) in [5.41, 5.74) is 8.40. The van der Waals surface area contributed by atoms with E-state index in [4.69, 9.17) is 21.9 Å². The van der Waals surface area contributed by atoms with Crippen LogP contribution in [-0.2, 0) is 16.1 Å². The highest BCUT2D eigenvalue weighted by molar-refractivity contribution is 7.80. The average molecular weight is 540 g/mol. The van der Waals surface area contributed by atoms with E-state index in [1.165, 1.54) is 29.6 Å². The van der Waals surface area contributed by atoms with Gasteiger partial charge in [0.2, 0.25) is 5.91 Å². The standard InChI is InChI=1S/C31H33N5O2S/c1-20-16-24(13-14-26(20)33-28(37)19-38-4)36-30(29(34-31(36)39)27-12-8-9-15-32-27)25-17-21(2)35(22(25)3)18-23-10-6-5-7-11-23/h5-17,29-30H,18-19H2,1-4H3,(H,33,37)(H,34,39)/t29-,30+/m1/s1. The summed E-state index contributed by atoms with van der Waals surface area (Å²) < 4.78 is 7.32. The van der Waals surface area contributed by atoms with E-state index in [9.17, 15) is 4.79 Å². The van der Waals surface area contributed by atoms with Crippen LogP contribution in [0.5, 0.6) is 0 Å². The Labute approximate surface area is 234 Å². The second-order valence-corrected chi connectivity index (χ2v) is 10.3. The molecule has 0 spiro atoms. The second-order valence-electron chi connectivity index (χ2n) is 9.88. The lowest BCUT2D eigenvalue weighted by Crippen LogP contribution is -2.29. The van der Waals surface area contributed by atoms with E-state index in [2.05, 4.69) is 70.3 Å². The van der Waals surface area contributed by atoms with Crippen molar-refractivity contribution in [3.05, 3.63) is 113 Å². The van der Waals surface area contributed by atoms with Gasteiger partial charge < -0.3 is 24.8 Å². The summed E-state index contributed by atoms with van der Waals surface area (Å²) in [4.78, 5) is 19.0. The zero-order valence-corrected chi connectivity index (χ0v) is 23.5. The summed E-state index contributed by atoms with van der Waals surface area (Å²) in [6, 6.07) is 24.5. The molecular weight excluding hydrogens is 506 g/mol. The Kier molecular flexibility index (Phi) is 7.77. The Balaban J connectivity index is 1.56. The molecule has 0 radical (unpaired) electrons. The number of anilines is 2. The molecule has 0 bridgehead atoms. The summed E-state index contributed by atoms with van der Waals surface area (Å²) in [5.74, 6) is -0.189. The quantitative estimate of drug-likeness (QED) is 0.283. The molecule has 2 aromatic heterocycles. The molecule has 3 heterocycles. The fourth-order valence-electron chi connectivity index (χ4n) is 5.34. The number of hydrogen-bond acceptors (Lipinski definition) is 4. The topological polar surface area (TPSA) is 71.4 Å². The molecule has 1 amide bonds. The van der Waals surface area contributed by atoms with E-state index >= 15 is 0 Å². The van der Waals surface area contributed by atoms with Crippen LogP contribution in [0, 0.1) is 20.8 Å². The van der Waals surface area contributed by atoms with E-state index in [-0.39, 0.29) is 24.6 Å². The molecule has 0 unspecified atom stereocenters. The lowest BCUT2D eigenvalue weighted by atomic mass is 9.96. The Morgan fingerprint density at radius 1 is 1.05 bits per heavy atom. The predicted molar refractivity (Wildman–Crippen MR) is 159 cm³/mol. The van der Waals surface area contributed by atoms with Gasteiger partial charge in [0.1, 0.15) is 6.61 Å². The van der Waals surface area contributed by atoms with Crippen molar-refractivity contribution < 1.29 is 9.53 Å². The van der Waals surface area contributed by atoms with Gasteiger partial charge in [-0.1, -0.05) is 36.4 Å². The molecule has 2 N–H and O–H groups in total. The van der Waals surface area contributed by atoms with Crippen LogP contribution < -0.4 is 15.5 Å². The number of methoxy groups -OCH3 is 1. The van der Waals surface area contributed by atoms with Gasteiger partial charge in [0.05, 0.1) is 17.8 Å². The first-order valence-corrected chi connectivity index (χ1v) is 13.4. The molecule has 5 rings (SSSR count). The fourth-order valence-corrected chi connectivity index (χ4v) is 5.69. The molecule has 1 saturated heterocycles. The van der Waals surface area contributed by atoms with Gasteiger partial charge in [-0.15, -0.1) is 0 Å². The third kappa shape index (κ3) is 5.44. The van der Waals surface area contributed by atoms with Crippen LogP contribution in [0.25, 0.3) is 0 Å². The van der Waals surface area contributed by atoms with Crippen molar-refractivity contribution in [2.75, 3.05) is 23.9 Å². The van der Waals surface area contributed by atoms with Crippen molar-refractivity contribution in [2.24, 2.45) is 0 Å². The molecule has 39 heavy (non-hydrogen) atoms. The molecular formula is C31H33N5O2S. The molecule has 0 aliphatic carbocycles. The van der Waals surface area contributed by atoms with Gasteiger partial charge in [-0.2, -0.15) is 0 Å². The fraction of sp³-hybridized carbons (Fsp3) is 0.258. The zero-order valence-electron chi connectivity index (χ0n) is 22.6. The number of benzene rings is 2. The van der Waals surface area contributed by atoms with Gasteiger partial charge in [-0.05, 0) is 86.1 Å². The molecule has 1 aliphatic rings. The molecule has 1 aliphatic heterocycles. The summed E-state index contributed by atoms with van der Waals surface area (Å²) in [7, 11) is 1.51. The maximum atomic E-state index is 12.1. The van der Waals surface area contributed by atoms with Crippen LogP contribution in [0.4, 0.5) is 11.4 Å². The second kappa shape index (κ2) is 11.4. The highest BCUT2D eigenvalue weighted by atomic mass is 32.1. The largest absolute Gasteiger partial charge is 0.375 e. The molecule has 200 valence electrons. The number of amides is 1. The van der Waals surface area contributed by atoms with Crippen LogP contribution in [0.3, 0.4) is 0 Å². The highest BCUT2D eigenvalue weighted by Gasteiger charge is 2.42. The van der Waals surface area contributed by atoms with Gasteiger partial charge in [0.15, 0.2) is 5.11 Å². The number of pyridine rings is 1. The number of rotatable bonds is 8. The van der Waals surface area contributed by atoms with Crippen molar-refractivity contribution in [1.82, 2.24) is 14.9 Å². The summed E-state index contributed by atoms with van der Waals surface area (Å²) in [6.07, 6.45) is 1.82. The number of hydrogen-bond donors (Lipinski definition) is 2. The number of aromatic nitrogens is 2. The molecule has 0 saturated carbocycles. The summed E-state index contributed by atoms with van der Waals surface area (Å²) >= 11 is 5.94. The first-order chi connectivity index (χ1) is 18.9. The molecule has 2 atom stereocenters. The summed E-state index contributed by atoms with van der Waals surface area (Å²) in [6.45, 7) is 7.12. The minimum atomic E-state index is -0.189. The van der Waals surface area contributed by atoms with Crippen molar-refractivity contribution in [1.29, 1.82) is 0 Å². The molecule has 7 nitrogen and oxygen atoms in total. The molecule has 1 fully saturated rings. The smallest absolute Gasteiger partial charge is 0.250 e. The van der Waals surface area contributed by atoms with Crippen molar-refractivity contribution >= 4 is 34.6 Å². The monoisotopic (exact) mass is 539 g/mol. The lowest BCUT2D eigenvalue weighted by molar-refractivity contribution is -0.119. The van der Waals surface area contributed by atoms with Gasteiger partial charge in [0.25, 0.3) is 0 Å². The van der Waals surface area contributed by atoms with Gasteiger partial charge in [-0.25, -0.2) is 0 Å². The van der Waals surface area contributed by atoms with Crippen molar-refractivity contribution in [3.8, 4) is 0 Å². The zero-order chi connectivity index (χ0) is 27.5. The maximum Gasteiger partial charge on any atom is 0.250 e. The van der Waals surface area contributed by atoms with Crippen LogP contribution in [0.15, 0.2) is 79.0 Å². The van der Waals surface area contributed by atoms with Crippen LogP contribution in [0.1, 0.15) is 45.9 Å². The number of thiocarbonyl (C=S) groups is 1. The number of ether oxygens (including phenoxy) is 1. The Morgan fingerprint density at radius 3 is 2.51 bits per heavy atom. The van der Waals surface area contributed by atoms with Crippen LogP contribution in [0.2, 0.25) is 0 Å². The van der Waals surface area contributed by atoms with E-state index in [0.29, 0.717) is 5.11 Å². The Morgan fingerprint density at radius 2 is 1.82 bits per heavy atom. The number of nitrogens with one attached hydrogen (secondary N) is 2. The minimum Gasteiger partial charge on any atom is -0.375 e. The Bertz CT molecular complexity index is 1490. The van der Waals surface area contributed by atoms with Crippen molar-refractivity contribution in [2.45, 2.75) is 39.4 Å². The van der Waals surface area contributed by atoms with E-state index in [1.807, 2.05) is 49.5 Å². The molecule has 4 aromatic rings. The van der Waals surface area contributed by atoms with Gasteiger partial charge in [0, 0.05) is 42.6 Å². The average Bonchev–Trinajstić information content (AvgIpc) is 3.42. The molecule has 8 heteroatoms. The number of carbonyl (C=O) groups is 1. The first kappa shape index (κ1) is 26.6. The SMILES string of the molecule is COCC(=O)Nc1ccc(N2C(=S)N[C@H](c3ccccn3)[C@@H]2c2cc(C)n(Cc3ccccc3)c2C)cc1C. The number of aryl methyl sites for hydroxylation is 2. The van der Waals surface area contributed by atoms with E-state index in [1.54, 1.807) is 0 Å². The predicted octanol–water partition coefficient (Wildman–Crippen LogP) is 5.62. The van der Waals surface area contributed by atoms with Crippen molar-refractivity contribution in [3.63, 3.8) is 0 Å². The third-order valence-electron chi connectivity index (χ3n) is 7.25. The van der Waals surface area contributed by atoms with Crippen LogP contribution in [-0.4, -0.2) is 34.3 Å². The van der Waals surface area contributed by atoms with Crippen LogP contribution >= 0.6 is 12.2 Å². The van der Waals surface area contributed by atoms with E-state index < -0.39 is 0 Å². The number of carbonyl (C=O) groups excluding carboxylic acids is 1. The minimum absolute atomic E-state index is 0.00769. The van der Waals surface area contributed by atoms with Gasteiger partial charge >= 0.3 is 0 Å². The first-order valence-electron chi connectivity index (χ1n) is 13.0. The van der Waals surface area contributed by atoms with E-state index in [0.717, 1.165) is 29.2 Å².